The minimum atomic E-state index is -0.799. The van der Waals surface area contributed by atoms with Crippen molar-refractivity contribution in [3.8, 4) is 0 Å². The van der Waals surface area contributed by atoms with Gasteiger partial charge in [-0.15, -0.1) is 0 Å². The number of aliphatic carboxylic acids is 1. The van der Waals surface area contributed by atoms with Crippen LogP contribution in [0.2, 0.25) is 0 Å². The Morgan fingerprint density at radius 3 is 1.67 bits per heavy atom. The van der Waals surface area contributed by atoms with E-state index in [-0.39, 0.29) is 6.42 Å². The molecule has 0 aliphatic rings. The van der Waals surface area contributed by atoms with Gasteiger partial charge >= 0.3 is 5.97 Å². The summed E-state index contributed by atoms with van der Waals surface area (Å²) in [4.78, 5) is 11.3. The van der Waals surface area contributed by atoms with Crippen LogP contribution < -0.4 is 5.73 Å². The molecule has 0 heterocycles. The van der Waals surface area contributed by atoms with E-state index in [1.807, 2.05) is 60.7 Å². The summed E-state index contributed by atoms with van der Waals surface area (Å²) < 4.78 is 0. The molecule has 0 bridgehead atoms. The van der Waals surface area contributed by atoms with Crippen LogP contribution in [0.1, 0.15) is 17.5 Å². The van der Waals surface area contributed by atoms with E-state index in [0.29, 0.717) is 19.4 Å². The molecule has 0 spiro atoms. The third-order valence-electron chi connectivity index (χ3n) is 3.80. The SMILES string of the molecule is NCC(CC(=O)O)(Cc1ccccc1)Cc1ccccc1. The van der Waals surface area contributed by atoms with Gasteiger partial charge in [0.15, 0.2) is 0 Å². The maximum absolute atomic E-state index is 11.3. The second-order valence-electron chi connectivity index (χ2n) is 5.60. The number of rotatable bonds is 7. The lowest BCUT2D eigenvalue weighted by Gasteiger charge is -2.31. The Morgan fingerprint density at radius 1 is 0.905 bits per heavy atom. The Bertz CT molecular complexity index is 525. The standard InChI is InChI=1S/C18H21NO2/c19-14-18(13-17(20)21,11-15-7-3-1-4-8-15)12-16-9-5-2-6-10-16/h1-10H,11-14,19H2,(H,20,21). The Balaban J connectivity index is 2.26. The van der Waals surface area contributed by atoms with Crippen molar-refractivity contribution in [3.05, 3.63) is 71.8 Å². The van der Waals surface area contributed by atoms with Gasteiger partial charge in [-0.3, -0.25) is 4.79 Å². The first kappa shape index (κ1) is 15.3. The molecule has 3 nitrogen and oxygen atoms in total. The van der Waals surface area contributed by atoms with E-state index in [2.05, 4.69) is 0 Å². The highest BCUT2D eigenvalue weighted by molar-refractivity contribution is 5.68. The molecule has 3 heteroatoms. The summed E-state index contributed by atoms with van der Waals surface area (Å²) in [6, 6.07) is 19.9. The van der Waals surface area contributed by atoms with Crippen molar-refractivity contribution in [2.45, 2.75) is 19.3 Å². The highest BCUT2D eigenvalue weighted by atomic mass is 16.4. The molecule has 0 aliphatic heterocycles. The molecule has 0 unspecified atom stereocenters. The lowest BCUT2D eigenvalue weighted by molar-refractivity contribution is -0.139. The maximum Gasteiger partial charge on any atom is 0.303 e. The van der Waals surface area contributed by atoms with Gasteiger partial charge < -0.3 is 10.8 Å². The lowest BCUT2D eigenvalue weighted by Crippen LogP contribution is -2.37. The van der Waals surface area contributed by atoms with Crippen LogP contribution in [0.3, 0.4) is 0 Å². The van der Waals surface area contributed by atoms with Crippen molar-refractivity contribution < 1.29 is 9.90 Å². The molecule has 0 saturated carbocycles. The Kier molecular flexibility index (Phi) is 5.12. The van der Waals surface area contributed by atoms with Crippen LogP contribution in [0.5, 0.6) is 0 Å². The largest absolute Gasteiger partial charge is 0.481 e. The number of nitrogens with two attached hydrogens (primary N) is 1. The predicted molar refractivity (Wildman–Crippen MR) is 84.0 cm³/mol. The van der Waals surface area contributed by atoms with E-state index in [4.69, 9.17) is 5.73 Å². The molecule has 0 aromatic heterocycles. The van der Waals surface area contributed by atoms with Crippen molar-refractivity contribution in [2.75, 3.05) is 6.54 Å². The fourth-order valence-electron chi connectivity index (χ4n) is 2.78. The molecule has 2 aromatic carbocycles. The van der Waals surface area contributed by atoms with Crippen molar-refractivity contribution in [1.29, 1.82) is 0 Å². The monoisotopic (exact) mass is 283 g/mol. The molecule has 2 aromatic rings. The normalized spacial score (nSPS) is 11.3. The average Bonchev–Trinajstić information content (AvgIpc) is 2.48. The Hall–Kier alpha value is -2.13. The Morgan fingerprint density at radius 2 is 1.33 bits per heavy atom. The molecule has 0 amide bonds. The van der Waals surface area contributed by atoms with Gasteiger partial charge in [0.2, 0.25) is 0 Å². The van der Waals surface area contributed by atoms with Gasteiger partial charge in [-0.2, -0.15) is 0 Å². The van der Waals surface area contributed by atoms with Gasteiger partial charge in [0.25, 0.3) is 0 Å². The van der Waals surface area contributed by atoms with Gasteiger partial charge in [-0.1, -0.05) is 60.7 Å². The third kappa shape index (κ3) is 4.43. The number of hydrogen-bond donors (Lipinski definition) is 2. The van der Waals surface area contributed by atoms with E-state index in [9.17, 15) is 9.90 Å². The molecular formula is C18H21NO2. The highest BCUT2D eigenvalue weighted by Crippen LogP contribution is 2.31. The van der Waals surface area contributed by atoms with Crippen LogP contribution in [0, 0.1) is 5.41 Å². The molecule has 21 heavy (non-hydrogen) atoms. The van der Waals surface area contributed by atoms with Crippen molar-refractivity contribution in [2.24, 2.45) is 11.1 Å². The first-order chi connectivity index (χ1) is 10.1. The van der Waals surface area contributed by atoms with Gasteiger partial charge in [0, 0.05) is 5.41 Å². The van der Waals surface area contributed by atoms with Crippen molar-refractivity contribution in [1.82, 2.24) is 0 Å². The summed E-state index contributed by atoms with van der Waals surface area (Å²) in [5.41, 5.74) is 7.79. The van der Waals surface area contributed by atoms with Crippen LogP contribution in [-0.2, 0) is 17.6 Å². The summed E-state index contributed by atoms with van der Waals surface area (Å²) in [7, 11) is 0. The summed E-state index contributed by atoms with van der Waals surface area (Å²) >= 11 is 0. The minimum absolute atomic E-state index is 0.0767. The van der Waals surface area contributed by atoms with Gasteiger partial charge in [-0.25, -0.2) is 0 Å². The van der Waals surface area contributed by atoms with Crippen LogP contribution in [0.4, 0.5) is 0 Å². The van der Waals surface area contributed by atoms with E-state index >= 15 is 0 Å². The lowest BCUT2D eigenvalue weighted by atomic mass is 9.74. The summed E-state index contributed by atoms with van der Waals surface area (Å²) in [6.07, 6.45) is 1.42. The van der Waals surface area contributed by atoms with E-state index in [1.165, 1.54) is 0 Å². The number of carbonyl (C=O) groups is 1. The third-order valence-corrected chi connectivity index (χ3v) is 3.80. The highest BCUT2D eigenvalue weighted by Gasteiger charge is 2.32. The summed E-state index contributed by atoms with van der Waals surface area (Å²) in [5, 5.41) is 9.28. The molecule has 0 saturated heterocycles. The second kappa shape index (κ2) is 7.04. The Labute approximate surface area is 125 Å². The molecule has 3 N–H and O–H groups in total. The smallest absolute Gasteiger partial charge is 0.303 e. The second-order valence-corrected chi connectivity index (χ2v) is 5.60. The summed E-state index contributed by atoms with van der Waals surface area (Å²) in [5.74, 6) is -0.799. The van der Waals surface area contributed by atoms with Gasteiger partial charge in [-0.05, 0) is 30.5 Å². The maximum atomic E-state index is 11.3. The molecule has 0 fully saturated rings. The number of carboxylic acid groups (broad SMARTS) is 1. The molecule has 0 aliphatic carbocycles. The first-order valence-electron chi connectivity index (χ1n) is 7.13. The van der Waals surface area contributed by atoms with Crippen molar-refractivity contribution in [3.63, 3.8) is 0 Å². The molecule has 0 radical (unpaired) electrons. The predicted octanol–water partition coefficient (Wildman–Crippen LogP) is 2.89. The first-order valence-corrected chi connectivity index (χ1v) is 7.13. The van der Waals surface area contributed by atoms with Crippen molar-refractivity contribution >= 4 is 5.97 Å². The minimum Gasteiger partial charge on any atom is -0.481 e. The van der Waals surface area contributed by atoms with Gasteiger partial charge in [0.05, 0.1) is 6.42 Å². The van der Waals surface area contributed by atoms with Crippen LogP contribution in [0.15, 0.2) is 60.7 Å². The number of carboxylic acids is 1. The van der Waals surface area contributed by atoms with Crippen LogP contribution >= 0.6 is 0 Å². The zero-order chi connectivity index (χ0) is 15.1. The summed E-state index contributed by atoms with van der Waals surface area (Å²) in [6.45, 7) is 0.350. The van der Waals surface area contributed by atoms with E-state index < -0.39 is 11.4 Å². The zero-order valence-electron chi connectivity index (χ0n) is 12.0. The number of hydrogen-bond acceptors (Lipinski definition) is 2. The van der Waals surface area contributed by atoms with E-state index in [0.717, 1.165) is 11.1 Å². The quantitative estimate of drug-likeness (QED) is 0.821. The average molecular weight is 283 g/mol. The number of benzene rings is 2. The molecular weight excluding hydrogens is 262 g/mol. The van der Waals surface area contributed by atoms with Gasteiger partial charge in [0.1, 0.15) is 0 Å². The fourth-order valence-corrected chi connectivity index (χ4v) is 2.78. The molecule has 2 rings (SSSR count). The molecule has 110 valence electrons. The molecule has 0 atom stereocenters. The fraction of sp³-hybridized carbons (Fsp3) is 0.278. The van der Waals surface area contributed by atoms with Crippen LogP contribution in [-0.4, -0.2) is 17.6 Å². The van der Waals surface area contributed by atoms with E-state index in [1.54, 1.807) is 0 Å². The zero-order valence-corrected chi connectivity index (χ0v) is 12.0. The topological polar surface area (TPSA) is 63.3 Å². The van der Waals surface area contributed by atoms with Crippen LogP contribution in [0.25, 0.3) is 0 Å².